The molecule has 1 amide bonds. The molecule has 0 saturated heterocycles. The number of anilines is 1. The predicted molar refractivity (Wildman–Crippen MR) is 128 cm³/mol. The lowest BCUT2D eigenvalue weighted by molar-refractivity contribution is 0.102. The first-order chi connectivity index (χ1) is 16.4. The van der Waals surface area contributed by atoms with Crippen LogP contribution in [0.25, 0.3) is 11.3 Å². The number of hydrogen-bond donors (Lipinski definition) is 2. The van der Waals surface area contributed by atoms with Gasteiger partial charge in [-0.2, -0.15) is 0 Å². The van der Waals surface area contributed by atoms with Crippen LogP contribution in [0, 0.1) is 0 Å². The van der Waals surface area contributed by atoms with Crippen LogP contribution in [0.15, 0.2) is 88.6 Å². The predicted octanol–water partition coefficient (Wildman–Crippen LogP) is 4.73. The molecule has 3 aromatic carbocycles. The van der Waals surface area contributed by atoms with Gasteiger partial charge in [0.25, 0.3) is 5.91 Å². The smallest absolute Gasteiger partial charge is 0.255 e. The minimum absolute atomic E-state index is 0.0491. The summed E-state index contributed by atoms with van der Waals surface area (Å²) in [4.78, 5) is 16.6. The van der Waals surface area contributed by atoms with Gasteiger partial charge >= 0.3 is 0 Å². The van der Waals surface area contributed by atoms with E-state index in [0.717, 1.165) is 11.1 Å². The van der Waals surface area contributed by atoms with Crippen molar-refractivity contribution in [2.24, 2.45) is 0 Å². The molecule has 0 bridgehead atoms. The lowest BCUT2D eigenvalue weighted by Crippen LogP contribution is -2.24. The number of amides is 1. The largest absolute Gasteiger partial charge is 0.495 e. The Labute approximate surface area is 201 Å². The third-order valence-corrected chi connectivity index (χ3v) is 6.61. The van der Waals surface area contributed by atoms with Crippen molar-refractivity contribution >= 4 is 33.2 Å². The van der Waals surface area contributed by atoms with Gasteiger partial charge in [-0.25, -0.2) is 18.1 Å². The van der Waals surface area contributed by atoms with Crippen LogP contribution < -0.4 is 14.8 Å². The molecule has 1 aromatic heterocycles. The standard InChI is InChI=1S/C24H20ClN3O5S/c1-32-21-10-7-18(12-23(21)34(30,31)27-13-16-5-8-19(25)9-6-16)24(29)28-20-4-2-3-17(11-20)22-14-26-15-33-22/h2-12,14-15,27H,13H2,1H3,(H,28,29). The Balaban J connectivity index is 1.55. The highest BCUT2D eigenvalue weighted by Crippen LogP contribution is 2.27. The second-order valence-electron chi connectivity index (χ2n) is 7.22. The number of nitrogens with one attached hydrogen (secondary N) is 2. The van der Waals surface area contributed by atoms with Gasteiger partial charge in [0.15, 0.2) is 12.2 Å². The van der Waals surface area contributed by atoms with Crippen LogP contribution in [0.3, 0.4) is 0 Å². The molecule has 0 unspecified atom stereocenters. The van der Waals surface area contributed by atoms with Crippen molar-refractivity contribution in [2.45, 2.75) is 11.4 Å². The molecule has 2 N–H and O–H groups in total. The van der Waals surface area contributed by atoms with E-state index in [1.807, 2.05) is 6.07 Å². The third kappa shape index (κ3) is 5.45. The van der Waals surface area contributed by atoms with Gasteiger partial charge in [0.1, 0.15) is 10.6 Å². The number of oxazole rings is 1. The molecule has 10 heteroatoms. The molecule has 4 rings (SSSR count). The maximum atomic E-state index is 13.0. The fourth-order valence-electron chi connectivity index (χ4n) is 3.20. The van der Waals surface area contributed by atoms with Crippen molar-refractivity contribution in [3.63, 3.8) is 0 Å². The van der Waals surface area contributed by atoms with Crippen molar-refractivity contribution in [3.05, 3.63) is 95.5 Å². The monoisotopic (exact) mass is 497 g/mol. The number of nitrogens with zero attached hydrogens (tertiary/aromatic N) is 1. The highest BCUT2D eigenvalue weighted by atomic mass is 35.5. The average molecular weight is 498 g/mol. The molecule has 8 nitrogen and oxygen atoms in total. The van der Waals surface area contributed by atoms with Crippen molar-refractivity contribution in [1.82, 2.24) is 9.71 Å². The van der Waals surface area contributed by atoms with E-state index in [2.05, 4.69) is 15.0 Å². The Morgan fingerprint density at radius 3 is 2.59 bits per heavy atom. The van der Waals surface area contributed by atoms with Gasteiger partial charge in [-0.05, 0) is 48.0 Å². The van der Waals surface area contributed by atoms with E-state index in [-0.39, 0.29) is 22.8 Å². The van der Waals surface area contributed by atoms with E-state index in [1.165, 1.54) is 31.7 Å². The zero-order valence-corrected chi connectivity index (χ0v) is 19.6. The molecule has 0 atom stereocenters. The van der Waals surface area contributed by atoms with Crippen LogP contribution in [-0.4, -0.2) is 26.4 Å². The maximum Gasteiger partial charge on any atom is 0.255 e. The summed E-state index contributed by atoms with van der Waals surface area (Å²) in [6.07, 6.45) is 2.89. The molecular formula is C24H20ClN3O5S. The van der Waals surface area contributed by atoms with E-state index < -0.39 is 15.9 Å². The highest BCUT2D eigenvalue weighted by molar-refractivity contribution is 7.89. The van der Waals surface area contributed by atoms with E-state index in [9.17, 15) is 13.2 Å². The van der Waals surface area contributed by atoms with Crippen molar-refractivity contribution in [2.75, 3.05) is 12.4 Å². The fraction of sp³-hybridized carbons (Fsp3) is 0.0833. The summed E-state index contributed by atoms with van der Waals surface area (Å²) in [5.74, 6) is 0.194. The molecule has 0 spiro atoms. The maximum absolute atomic E-state index is 13.0. The summed E-state index contributed by atoms with van der Waals surface area (Å²) in [5.41, 5.74) is 2.13. The number of carbonyl (C=O) groups is 1. The van der Waals surface area contributed by atoms with Crippen molar-refractivity contribution in [1.29, 1.82) is 0 Å². The summed E-state index contributed by atoms with van der Waals surface area (Å²) in [6.45, 7) is 0.0491. The first-order valence-electron chi connectivity index (χ1n) is 10.1. The Morgan fingerprint density at radius 2 is 1.88 bits per heavy atom. The van der Waals surface area contributed by atoms with Crippen LogP contribution >= 0.6 is 11.6 Å². The Bertz CT molecular complexity index is 1410. The van der Waals surface area contributed by atoms with Gasteiger partial charge < -0.3 is 14.5 Å². The number of hydrogen-bond acceptors (Lipinski definition) is 6. The summed E-state index contributed by atoms with van der Waals surface area (Å²) >= 11 is 5.88. The van der Waals surface area contributed by atoms with Gasteiger partial charge in [-0.3, -0.25) is 4.79 Å². The molecule has 0 saturated carbocycles. The van der Waals surface area contributed by atoms with Crippen LogP contribution in [-0.2, 0) is 16.6 Å². The molecule has 0 radical (unpaired) electrons. The minimum Gasteiger partial charge on any atom is -0.495 e. The Kier molecular flexibility index (Phi) is 6.97. The first kappa shape index (κ1) is 23.5. The van der Waals surface area contributed by atoms with Gasteiger partial charge in [-0.1, -0.05) is 35.9 Å². The van der Waals surface area contributed by atoms with Gasteiger partial charge in [0.2, 0.25) is 10.0 Å². The lowest BCUT2D eigenvalue weighted by Gasteiger charge is -2.13. The molecule has 0 fully saturated rings. The number of rotatable bonds is 8. The Morgan fingerprint density at radius 1 is 1.09 bits per heavy atom. The van der Waals surface area contributed by atoms with Gasteiger partial charge in [0.05, 0.1) is 13.3 Å². The molecule has 34 heavy (non-hydrogen) atoms. The molecule has 0 aliphatic rings. The van der Waals surface area contributed by atoms with Gasteiger partial charge in [0, 0.05) is 28.4 Å². The first-order valence-corrected chi connectivity index (χ1v) is 11.9. The third-order valence-electron chi connectivity index (χ3n) is 4.93. The van der Waals surface area contributed by atoms with Crippen molar-refractivity contribution < 1.29 is 22.4 Å². The number of carbonyl (C=O) groups excluding carboxylic acids is 1. The highest BCUT2D eigenvalue weighted by Gasteiger charge is 2.22. The summed E-state index contributed by atoms with van der Waals surface area (Å²) in [6, 6.07) is 18.0. The van der Waals surface area contributed by atoms with Gasteiger partial charge in [-0.15, -0.1) is 0 Å². The van der Waals surface area contributed by atoms with Crippen LogP contribution in [0.5, 0.6) is 5.75 Å². The molecule has 1 heterocycles. The number of aromatic nitrogens is 1. The SMILES string of the molecule is COc1ccc(C(=O)Nc2cccc(-c3cnco3)c2)cc1S(=O)(=O)NCc1ccc(Cl)cc1. The summed E-state index contributed by atoms with van der Waals surface area (Å²) in [7, 11) is -2.62. The van der Waals surface area contributed by atoms with Crippen LogP contribution in [0.2, 0.25) is 5.02 Å². The molecule has 0 aliphatic carbocycles. The summed E-state index contributed by atoms with van der Waals surface area (Å²) in [5, 5.41) is 3.32. The molecule has 0 aliphatic heterocycles. The normalized spacial score (nSPS) is 11.2. The molecule has 4 aromatic rings. The number of methoxy groups -OCH3 is 1. The number of ether oxygens (including phenoxy) is 1. The van der Waals surface area contributed by atoms with Crippen LogP contribution in [0.4, 0.5) is 5.69 Å². The Hall–Kier alpha value is -3.66. The second-order valence-corrected chi connectivity index (χ2v) is 9.39. The van der Waals surface area contributed by atoms with Crippen molar-refractivity contribution in [3.8, 4) is 17.1 Å². The quantitative estimate of drug-likeness (QED) is 0.364. The van der Waals surface area contributed by atoms with E-state index in [0.29, 0.717) is 16.5 Å². The topological polar surface area (TPSA) is 111 Å². The second kappa shape index (κ2) is 10.1. The van der Waals surface area contributed by atoms with E-state index >= 15 is 0 Å². The number of benzene rings is 3. The zero-order valence-electron chi connectivity index (χ0n) is 18.0. The van der Waals surface area contributed by atoms with E-state index in [1.54, 1.807) is 48.7 Å². The zero-order chi connectivity index (χ0) is 24.1. The minimum atomic E-state index is -3.98. The van der Waals surface area contributed by atoms with Crippen LogP contribution in [0.1, 0.15) is 15.9 Å². The average Bonchev–Trinajstić information content (AvgIpc) is 3.39. The summed E-state index contributed by atoms with van der Waals surface area (Å²) < 4.78 is 39.0. The fourth-order valence-corrected chi connectivity index (χ4v) is 4.53. The number of sulfonamides is 1. The van der Waals surface area contributed by atoms with E-state index in [4.69, 9.17) is 20.8 Å². The number of halogens is 1. The lowest BCUT2D eigenvalue weighted by atomic mass is 10.1. The molecular weight excluding hydrogens is 478 g/mol. The molecule has 174 valence electrons.